The predicted molar refractivity (Wildman–Crippen MR) is 80.1 cm³/mol. The first kappa shape index (κ1) is 14.5. The molecule has 0 aliphatic heterocycles. The minimum atomic E-state index is -0.424. The fourth-order valence-corrected chi connectivity index (χ4v) is 2.06. The zero-order chi connectivity index (χ0) is 14.7. The molecule has 2 aromatic rings. The summed E-state index contributed by atoms with van der Waals surface area (Å²) < 4.78 is 13.8. The van der Waals surface area contributed by atoms with Crippen molar-refractivity contribution in [2.24, 2.45) is 0 Å². The lowest BCUT2D eigenvalue weighted by Crippen LogP contribution is -2.14. The fourth-order valence-electron chi connectivity index (χ4n) is 1.71. The molecule has 0 atom stereocenters. The van der Waals surface area contributed by atoms with Gasteiger partial charge in [0.05, 0.1) is 5.69 Å². The van der Waals surface area contributed by atoms with E-state index in [9.17, 15) is 9.18 Å². The Balaban J connectivity index is 2.28. The third kappa shape index (κ3) is 3.33. The van der Waals surface area contributed by atoms with E-state index >= 15 is 0 Å². The molecule has 1 heterocycles. The maximum atomic E-state index is 13.2. The molecule has 0 aliphatic rings. The Morgan fingerprint density at radius 2 is 2.15 bits per heavy atom. The molecular weight excluding hydrogens is 325 g/mol. The Labute approximate surface area is 124 Å². The lowest BCUT2D eigenvalue weighted by Gasteiger charge is -2.09. The van der Waals surface area contributed by atoms with Crippen molar-refractivity contribution in [1.82, 2.24) is 4.98 Å². The average Bonchev–Trinajstić information content (AvgIpc) is 2.42. The molecule has 0 saturated heterocycles. The SMILES string of the molecule is CCc1cc(C(=O)Nc2cc(F)ccc2Br)cc(N)n1. The number of halogens is 2. The predicted octanol–water partition coefficient (Wildman–Crippen LogP) is 3.38. The third-order valence-corrected chi connectivity index (χ3v) is 3.39. The van der Waals surface area contributed by atoms with Crippen molar-refractivity contribution in [2.75, 3.05) is 11.1 Å². The lowest BCUT2D eigenvalue weighted by molar-refractivity contribution is 0.102. The number of carbonyl (C=O) groups excluding carboxylic acids is 1. The molecule has 0 fully saturated rings. The summed E-state index contributed by atoms with van der Waals surface area (Å²) in [7, 11) is 0. The van der Waals surface area contributed by atoms with Crippen LogP contribution in [0.25, 0.3) is 0 Å². The summed E-state index contributed by atoms with van der Waals surface area (Å²) in [5.41, 5.74) is 7.15. The Kier molecular flexibility index (Phi) is 4.34. The van der Waals surface area contributed by atoms with Crippen LogP contribution in [0.4, 0.5) is 15.9 Å². The second kappa shape index (κ2) is 6.00. The first-order valence-corrected chi connectivity index (χ1v) is 6.81. The zero-order valence-corrected chi connectivity index (χ0v) is 12.4. The number of rotatable bonds is 3. The van der Waals surface area contributed by atoms with Gasteiger partial charge in [0.2, 0.25) is 0 Å². The molecule has 104 valence electrons. The van der Waals surface area contributed by atoms with Gasteiger partial charge in [-0.05, 0) is 52.7 Å². The first-order chi connectivity index (χ1) is 9.49. The highest BCUT2D eigenvalue weighted by molar-refractivity contribution is 9.10. The summed E-state index contributed by atoms with van der Waals surface area (Å²) in [5, 5.41) is 2.64. The largest absolute Gasteiger partial charge is 0.384 e. The summed E-state index contributed by atoms with van der Waals surface area (Å²) in [6, 6.07) is 7.23. The second-order valence-corrected chi connectivity index (χ2v) is 5.06. The van der Waals surface area contributed by atoms with Crippen molar-refractivity contribution in [2.45, 2.75) is 13.3 Å². The van der Waals surface area contributed by atoms with E-state index in [0.29, 0.717) is 22.1 Å². The number of nitrogens with one attached hydrogen (secondary N) is 1. The van der Waals surface area contributed by atoms with Gasteiger partial charge in [-0.3, -0.25) is 4.79 Å². The van der Waals surface area contributed by atoms with Crippen molar-refractivity contribution in [1.29, 1.82) is 0 Å². The van der Waals surface area contributed by atoms with Gasteiger partial charge in [-0.15, -0.1) is 0 Å². The molecule has 20 heavy (non-hydrogen) atoms. The minimum Gasteiger partial charge on any atom is -0.384 e. The topological polar surface area (TPSA) is 68.0 Å². The first-order valence-electron chi connectivity index (χ1n) is 6.02. The highest BCUT2D eigenvalue weighted by atomic mass is 79.9. The van der Waals surface area contributed by atoms with Gasteiger partial charge in [0.15, 0.2) is 0 Å². The van der Waals surface area contributed by atoms with Gasteiger partial charge < -0.3 is 11.1 Å². The molecule has 0 bridgehead atoms. The number of nitrogen functional groups attached to an aromatic ring is 1. The van der Waals surface area contributed by atoms with E-state index in [1.54, 1.807) is 6.07 Å². The molecule has 4 nitrogen and oxygen atoms in total. The average molecular weight is 338 g/mol. The number of aryl methyl sites for hydroxylation is 1. The summed E-state index contributed by atoms with van der Waals surface area (Å²) in [6.07, 6.45) is 0.676. The maximum absolute atomic E-state index is 13.2. The highest BCUT2D eigenvalue weighted by Crippen LogP contribution is 2.23. The van der Waals surface area contributed by atoms with E-state index < -0.39 is 5.82 Å². The number of amides is 1. The van der Waals surface area contributed by atoms with Crippen molar-refractivity contribution in [3.05, 3.63) is 51.9 Å². The summed E-state index contributed by atoms with van der Waals surface area (Å²) in [5.74, 6) is -0.500. The van der Waals surface area contributed by atoms with Crippen LogP contribution < -0.4 is 11.1 Å². The van der Waals surface area contributed by atoms with E-state index in [2.05, 4.69) is 26.2 Å². The van der Waals surface area contributed by atoms with Gasteiger partial charge in [0, 0.05) is 15.7 Å². The molecule has 6 heteroatoms. The van der Waals surface area contributed by atoms with Crippen LogP contribution in [0.2, 0.25) is 0 Å². The number of pyridine rings is 1. The Hall–Kier alpha value is -1.95. The smallest absolute Gasteiger partial charge is 0.255 e. The molecule has 0 unspecified atom stereocenters. The Bertz CT molecular complexity index is 661. The number of nitrogens with two attached hydrogens (primary N) is 1. The van der Waals surface area contributed by atoms with Crippen LogP contribution in [0.15, 0.2) is 34.8 Å². The lowest BCUT2D eigenvalue weighted by atomic mass is 10.1. The number of hydrogen-bond donors (Lipinski definition) is 2. The van der Waals surface area contributed by atoms with Gasteiger partial charge in [-0.25, -0.2) is 9.37 Å². The van der Waals surface area contributed by atoms with E-state index in [1.807, 2.05) is 6.92 Å². The van der Waals surface area contributed by atoms with Gasteiger partial charge in [0.1, 0.15) is 11.6 Å². The highest BCUT2D eigenvalue weighted by Gasteiger charge is 2.11. The van der Waals surface area contributed by atoms with Crippen molar-refractivity contribution < 1.29 is 9.18 Å². The van der Waals surface area contributed by atoms with Crippen LogP contribution in [0.5, 0.6) is 0 Å². The van der Waals surface area contributed by atoms with Gasteiger partial charge in [-0.1, -0.05) is 6.92 Å². The number of hydrogen-bond acceptors (Lipinski definition) is 3. The molecule has 0 radical (unpaired) electrons. The number of carbonyl (C=O) groups is 1. The number of benzene rings is 1. The summed E-state index contributed by atoms with van der Waals surface area (Å²) in [4.78, 5) is 16.3. The quantitative estimate of drug-likeness (QED) is 0.902. The third-order valence-electron chi connectivity index (χ3n) is 2.70. The second-order valence-electron chi connectivity index (χ2n) is 4.20. The summed E-state index contributed by atoms with van der Waals surface area (Å²) >= 11 is 3.26. The van der Waals surface area contributed by atoms with Crippen LogP contribution in [0, 0.1) is 5.82 Å². The van der Waals surface area contributed by atoms with Gasteiger partial charge in [-0.2, -0.15) is 0 Å². The fraction of sp³-hybridized carbons (Fsp3) is 0.143. The van der Waals surface area contributed by atoms with Crippen LogP contribution in [0.3, 0.4) is 0 Å². The van der Waals surface area contributed by atoms with Crippen LogP contribution in [0.1, 0.15) is 23.0 Å². The van der Waals surface area contributed by atoms with E-state index in [0.717, 1.165) is 5.69 Å². The van der Waals surface area contributed by atoms with Crippen molar-refractivity contribution >= 4 is 33.3 Å². The molecule has 0 aliphatic carbocycles. The molecule has 2 rings (SSSR count). The monoisotopic (exact) mass is 337 g/mol. The zero-order valence-electron chi connectivity index (χ0n) is 10.8. The molecule has 1 aromatic heterocycles. The molecule has 3 N–H and O–H groups in total. The summed E-state index contributed by atoms with van der Waals surface area (Å²) in [6.45, 7) is 1.92. The van der Waals surface area contributed by atoms with Crippen molar-refractivity contribution in [3.8, 4) is 0 Å². The van der Waals surface area contributed by atoms with Crippen LogP contribution in [-0.4, -0.2) is 10.9 Å². The Morgan fingerprint density at radius 3 is 2.85 bits per heavy atom. The van der Waals surface area contributed by atoms with E-state index in [-0.39, 0.29) is 11.7 Å². The standard InChI is InChI=1S/C14H13BrFN3O/c1-2-10-5-8(6-13(17)18-10)14(20)19-12-7-9(16)3-4-11(12)15/h3-7H,2H2,1H3,(H2,17,18)(H,19,20). The normalized spacial score (nSPS) is 10.3. The van der Waals surface area contributed by atoms with Crippen LogP contribution in [-0.2, 0) is 6.42 Å². The van der Waals surface area contributed by atoms with Gasteiger partial charge >= 0.3 is 0 Å². The van der Waals surface area contributed by atoms with E-state index in [1.165, 1.54) is 24.3 Å². The minimum absolute atomic E-state index is 0.285. The number of nitrogens with zero attached hydrogens (tertiary/aromatic N) is 1. The molecular formula is C14H13BrFN3O. The number of aromatic nitrogens is 1. The molecule has 0 spiro atoms. The van der Waals surface area contributed by atoms with Gasteiger partial charge in [0.25, 0.3) is 5.91 Å². The van der Waals surface area contributed by atoms with Crippen molar-refractivity contribution in [3.63, 3.8) is 0 Å². The molecule has 1 amide bonds. The van der Waals surface area contributed by atoms with E-state index in [4.69, 9.17) is 5.73 Å². The Morgan fingerprint density at radius 1 is 1.40 bits per heavy atom. The molecule has 0 saturated carbocycles. The maximum Gasteiger partial charge on any atom is 0.255 e. The number of anilines is 2. The van der Waals surface area contributed by atoms with Crippen LogP contribution >= 0.6 is 15.9 Å². The molecule has 1 aromatic carbocycles.